The highest BCUT2D eigenvalue weighted by Crippen LogP contribution is 2.25. The normalized spacial score (nSPS) is 10.0. The maximum Gasteiger partial charge on any atom is 0.323 e. The lowest BCUT2D eigenvalue weighted by molar-refractivity contribution is 0.0956. The van der Waals surface area contributed by atoms with E-state index in [9.17, 15) is 9.59 Å². The summed E-state index contributed by atoms with van der Waals surface area (Å²) in [5, 5.41) is 8.75. The molecule has 0 fully saturated rings. The molecule has 0 aliphatic rings. The third kappa shape index (κ3) is 4.87. The number of anilines is 2. The Bertz CT molecular complexity index is 735. The minimum absolute atomic E-state index is 0.193. The van der Waals surface area contributed by atoms with Gasteiger partial charge in [0.15, 0.2) is 0 Å². The summed E-state index contributed by atoms with van der Waals surface area (Å²) in [4.78, 5) is 23.8. The summed E-state index contributed by atoms with van der Waals surface area (Å²) in [6, 6.07) is 11.0. The van der Waals surface area contributed by atoms with E-state index in [0.717, 1.165) is 0 Å². The number of halogens is 2. The number of carbonyl (C=O) groups excluding carboxylic acids is 2. The first-order valence-corrected chi connectivity index (χ1v) is 7.66. The topological polar surface area (TPSA) is 70.2 Å². The molecule has 3 amide bonds. The molecular weight excluding hydrogens is 337 g/mol. The van der Waals surface area contributed by atoms with Crippen LogP contribution in [0.1, 0.15) is 17.3 Å². The molecule has 2 aromatic carbocycles. The smallest absolute Gasteiger partial charge is 0.323 e. The lowest BCUT2D eigenvalue weighted by atomic mass is 10.2. The van der Waals surface area contributed by atoms with Gasteiger partial charge in [0.25, 0.3) is 5.91 Å². The molecule has 0 aliphatic carbocycles. The summed E-state index contributed by atoms with van der Waals surface area (Å²) in [5.74, 6) is -0.193. The van der Waals surface area contributed by atoms with Crippen molar-refractivity contribution < 1.29 is 9.59 Å². The number of hydrogen-bond donors (Lipinski definition) is 3. The average molecular weight is 352 g/mol. The lowest BCUT2D eigenvalue weighted by Gasteiger charge is -2.09. The van der Waals surface area contributed by atoms with Crippen LogP contribution in [-0.2, 0) is 0 Å². The second kappa shape index (κ2) is 7.85. The van der Waals surface area contributed by atoms with Gasteiger partial charge in [-0.2, -0.15) is 0 Å². The Morgan fingerprint density at radius 3 is 2.30 bits per heavy atom. The molecule has 5 nitrogen and oxygen atoms in total. The quantitative estimate of drug-likeness (QED) is 0.764. The van der Waals surface area contributed by atoms with Crippen LogP contribution in [0.4, 0.5) is 16.2 Å². The van der Waals surface area contributed by atoms with Crippen LogP contribution in [0.5, 0.6) is 0 Å². The Morgan fingerprint density at radius 1 is 0.957 bits per heavy atom. The van der Waals surface area contributed by atoms with Crippen molar-refractivity contribution in [3.63, 3.8) is 0 Å². The maximum absolute atomic E-state index is 12.0. The van der Waals surface area contributed by atoms with Gasteiger partial charge in [0.1, 0.15) is 0 Å². The molecule has 0 bridgehead atoms. The second-order valence-electron chi connectivity index (χ2n) is 4.65. The molecule has 23 heavy (non-hydrogen) atoms. The Balaban J connectivity index is 2.03. The molecule has 3 N–H and O–H groups in total. The summed E-state index contributed by atoms with van der Waals surface area (Å²) < 4.78 is 0. The van der Waals surface area contributed by atoms with E-state index in [1.807, 2.05) is 6.92 Å². The van der Waals surface area contributed by atoms with Gasteiger partial charge in [-0.1, -0.05) is 29.3 Å². The summed E-state index contributed by atoms with van der Waals surface area (Å²) in [5.41, 5.74) is 1.49. The minimum Gasteiger partial charge on any atom is -0.352 e. The minimum atomic E-state index is -0.448. The number of amides is 3. The first kappa shape index (κ1) is 17.1. The van der Waals surface area contributed by atoms with E-state index in [0.29, 0.717) is 33.5 Å². The maximum atomic E-state index is 12.0. The van der Waals surface area contributed by atoms with E-state index < -0.39 is 6.03 Å². The fourth-order valence-electron chi connectivity index (χ4n) is 1.87. The molecule has 0 radical (unpaired) electrons. The number of hydrogen-bond acceptors (Lipinski definition) is 2. The van der Waals surface area contributed by atoms with Gasteiger partial charge in [0.2, 0.25) is 0 Å². The molecule has 0 aromatic heterocycles. The monoisotopic (exact) mass is 351 g/mol. The number of nitrogens with one attached hydrogen (secondary N) is 3. The third-order valence-electron chi connectivity index (χ3n) is 2.90. The van der Waals surface area contributed by atoms with Crippen LogP contribution in [-0.4, -0.2) is 18.5 Å². The van der Waals surface area contributed by atoms with Crippen LogP contribution in [0, 0.1) is 0 Å². The molecular formula is C16H15Cl2N3O2. The predicted molar refractivity (Wildman–Crippen MR) is 93.6 cm³/mol. The van der Waals surface area contributed by atoms with E-state index >= 15 is 0 Å². The molecule has 2 aromatic rings. The fraction of sp³-hybridized carbons (Fsp3) is 0.125. The highest BCUT2D eigenvalue weighted by molar-refractivity contribution is 6.42. The highest BCUT2D eigenvalue weighted by atomic mass is 35.5. The SMILES string of the molecule is CCNC(=O)c1cccc(NC(=O)Nc2ccc(Cl)c(Cl)c2)c1. The Morgan fingerprint density at radius 2 is 1.65 bits per heavy atom. The van der Waals surface area contributed by atoms with E-state index in [1.54, 1.807) is 42.5 Å². The zero-order valence-corrected chi connectivity index (χ0v) is 13.8. The molecule has 0 aliphatic heterocycles. The van der Waals surface area contributed by atoms with Gasteiger partial charge >= 0.3 is 6.03 Å². The van der Waals surface area contributed by atoms with Gasteiger partial charge in [-0.25, -0.2) is 4.79 Å². The molecule has 120 valence electrons. The van der Waals surface area contributed by atoms with Crippen molar-refractivity contribution in [2.45, 2.75) is 6.92 Å². The standard InChI is InChI=1S/C16H15Cl2N3O2/c1-2-19-15(22)10-4-3-5-11(8-10)20-16(23)21-12-6-7-13(17)14(18)9-12/h3-9H,2H2,1H3,(H,19,22)(H2,20,21,23). The molecule has 0 heterocycles. The average Bonchev–Trinajstić information content (AvgIpc) is 2.51. The largest absolute Gasteiger partial charge is 0.352 e. The van der Waals surface area contributed by atoms with Crippen molar-refractivity contribution >= 4 is 46.5 Å². The van der Waals surface area contributed by atoms with Gasteiger partial charge < -0.3 is 16.0 Å². The Kier molecular flexibility index (Phi) is 5.84. The molecule has 0 saturated carbocycles. The highest BCUT2D eigenvalue weighted by Gasteiger charge is 2.08. The van der Waals surface area contributed by atoms with Crippen molar-refractivity contribution in [2.24, 2.45) is 0 Å². The summed E-state index contributed by atoms with van der Waals surface area (Å²) in [6.45, 7) is 2.37. The van der Waals surface area contributed by atoms with Crippen molar-refractivity contribution in [2.75, 3.05) is 17.2 Å². The van der Waals surface area contributed by atoms with Crippen LogP contribution in [0.3, 0.4) is 0 Å². The van der Waals surface area contributed by atoms with E-state index in [2.05, 4.69) is 16.0 Å². The van der Waals surface area contributed by atoms with Crippen LogP contribution in [0.25, 0.3) is 0 Å². The fourth-order valence-corrected chi connectivity index (χ4v) is 2.17. The molecule has 0 unspecified atom stereocenters. The van der Waals surface area contributed by atoms with Crippen LogP contribution in [0.2, 0.25) is 10.0 Å². The van der Waals surface area contributed by atoms with Crippen LogP contribution < -0.4 is 16.0 Å². The van der Waals surface area contributed by atoms with E-state index in [4.69, 9.17) is 23.2 Å². The first-order valence-electron chi connectivity index (χ1n) is 6.91. The number of rotatable bonds is 4. The molecule has 0 spiro atoms. The summed E-state index contributed by atoms with van der Waals surface area (Å²) in [7, 11) is 0. The predicted octanol–water partition coefficient (Wildman–Crippen LogP) is 4.39. The zero-order chi connectivity index (χ0) is 16.8. The van der Waals surface area contributed by atoms with Crippen LogP contribution >= 0.6 is 23.2 Å². The van der Waals surface area contributed by atoms with Gasteiger partial charge in [0.05, 0.1) is 10.0 Å². The van der Waals surface area contributed by atoms with E-state index in [1.165, 1.54) is 0 Å². The number of urea groups is 1. The molecule has 2 rings (SSSR count). The van der Waals surface area contributed by atoms with Gasteiger partial charge in [-0.15, -0.1) is 0 Å². The lowest BCUT2D eigenvalue weighted by Crippen LogP contribution is -2.23. The molecule has 7 heteroatoms. The van der Waals surface area contributed by atoms with Gasteiger partial charge in [0, 0.05) is 23.5 Å². The van der Waals surface area contributed by atoms with Crippen molar-refractivity contribution in [3.8, 4) is 0 Å². The van der Waals surface area contributed by atoms with Gasteiger partial charge in [-0.05, 0) is 43.3 Å². The number of benzene rings is 2. The van der Waals surface area contributed by atoms with Crippen molar-refractivity contribution in [1.82, 2.24) is 5.32 Å². The van der Waals surface area contributed by atoms with E-state index in [-0.39, 0.29) is 5.91 Å². The zero-order valence-electron chi connectivity index (χ0n) is 12.3. The molecule has 0 atom stereocenters. The van der Waals surface area contributed by atoms with Crippen LogP contribution in [0.15, 0.2) is 42.5 Å². The Hall–Kier alpha value is -2.24. The third-order valence-corrected chi connectivity index (χ3v) is 3.64. The first-order chi connectivity index (χ1) is 11.0. The Labute approximate surface area is 144 Å². The number of carbonyl (C=O) groups is 2. The molecule has 0 saturated heterocycles. The van der Waals surface area contributed by atoms with Gasteiger partial charge in [-0.3, -0.25) is 4.79 Å². The van der Waals surface area contributed by atoms with Crippen molar-refractivity contribution in [1.29, 1.82) is 0 Å². The summed E-state index contributed by atoms with van der Waals surface area (Å²) >= 11 is 11.7. The van der Waals surface area contributed by atoms with Crippen molar-refractivity contribution in [3.05, 3.63) is 58.1 Å². The second-order valence-corrected chi connectivity index (χ2v) is 5.46. The summed E-state index contributed by atoms with van der Waals surface area (Å²) in [6.07, 6.45) is 0.